The van der Waals surface area contributed by atoms with Crippen LogP contribution < -0.4 is 10.2 Å². The van der Waals surface area contributed by atoms with Crippen LogP contribution in [0.5, 0.6) is 0 Å². The van der Waals surface area contributed by atoms with Crippen LogP contribution in [0.15, 0.2) is 60.7 Å². The molecule has 7 heteroatoms. The molecule has 3 aromatic rings. The van der Waals surface area contributed by atoms with Gasteiger partial charge in [-0.3, -0.25) is 4.79 Å². The molecule has 2 aromatic carbocycles. The van der Waals surface area contributed by atoms with Gasteiger partial charge in [0.1, 0.15) is 5.82 Å². The Morgan fingerprint density at radius 3 is 2.36 bits per heavy atom. The summed E-state index contributed by atoms with van der Waals surface area (Å²) in [5, 5.41) is 3.93. The van der Waals surface area contributed by atoms with Gasteiger partial charge < -0.3 is 15.1 Å². The first-order valence-electron chi connectivity index (χ1n) is 9.13. The van der Waals surface area contributed by atoms with E-state index in [9.17, 15) is 4.79 Å². The summed E-state index contributed by atoms with van der Waals surface area (Å²) in [6, 6.07) is 19.5. The number of hydrogen-bond acceptors (Lipinski definition) is 5. The molecular weight excluding hydrogens is 374 g/mol. The van der Waals surface area contributed by atoms with E-state index in [1.54, 1.807) is 4.90 Å². The summed E-state index contributed by atoms with van der Waals surface area (Å²) in [4.78, 5) is 24.3. The SMILES string of the molecule is O=CN1CCN(c2nc(Nc3ccccc3Cl)cc(-c3ccccc3)n2)CC1. The second-order valence-electron chi connectivity index (χ2n) is 6.54. The third kappa shape index (κ3) is 4.07. The van der Waals surface area contributed by atoms with E-state index in [2.05, 4.69) is 10.2 Å². The quantitative estimate of drug-likeness (QED) is 0.668. The van der Waals surface area contributed by atoms with E-state index in [-0.39, 0.29) is 0 Å². The topological polar surface area (TPSA) is 61.4 Å². The molecule has 0 saturated carbocycles. The van der Waals surface area contributed by atoms with Gasteiger partial charge in [-0.2, -0.15) is 4.98 Å². The van der Waals surface area contributed by atoms with Crippen LogP contribution in [-0.4, -0.2) is 47.5 Å². The molecule has 142 valence electrons. The summed E-state index contributed by atoms with van der Waals surface area (Å²) in [5.41, 5.74) is 2.64. The number of piperazine rings is 1. The second kappa shape index (κ2) is 8.27. The Labute approximate surface area is 168 Å². The number of carbonyl (C=O) groups excluding carboxylic acids is 1. The molecule has 28 heavy (non-hydrogen) atoms. The number of anilines is 3. The molecule has 0 spiro atoms. The van der Waals surface area contributed by atoms with E-state index in [1.807, 2.05) is 60.7 Å². The highest BCUT2D eigenvalue weighted by Crippen LogP contribution is 2.28. The van der Waals surface area contributed by atoms with Crippen LogP contribution in [0.2, 0.25) is 5.02 Å². The molecule has 0 radical (unpaired) electrons. The minimum absolute atomic E-state index is 0.628. The molecule has 1 fully saturated rings. The number of carbonyl (C=O) groups is 1. The number of halogens is 1. The van der Waals surface area contributed by atoms with Gasteiger partial charge in [0.05, 0.1) is 16.4 Å². The Kier molecular flexibility index (Phi) is 5.39. The predicted octanol–water partition coefficient (Wildman–Crippen LogP) is 3.82. The molecule has 1 aromatic heterocycles. The van der Waals surface area contributed by atoms with E-state index < -0.39 is 0 Å². The summed E-state index contributed by atoms with van der Waals surface area (Å²) in [6.07, 6.45) is 0.892. The highest BCUT2D eigenvalue weighted by molar-refractivity contribution is 6.33. The fourth-order valence-corrected chi connectivity index (χ4v) is 3.31. The van der Waals surface area contributed by atoms with Gasteiger partial charge >= 0.3 is 0 Å². The van der Waals surface area contributed by atoms with Gasteiger partial charge in [-0.1, -0.05) is 54.1 Å². The zero-order valence-corrected chi connectivity index (χ0v) is 16.0. The highest BCUT2D eigenvalue weighted by Gasteiger charge is 2.19. The number of benzene rings is 2. The van der Waals surface area contributed by atoms with Crippen molar-refractivity contribution in [2.24, 2.45) is 0 Å². The van der Waals surface area contributed by atoms with Crippen LogP contribution in [0.25, 0.3) is 11.3 Å². The van der Waals surface area contributed by atoms with Crippen LogP contribution in [0.1, 0.15) is 0 Å². The number of nitrogens with one attached hydrogen (secondary N) is 1. The highest BCUT2D eigenvalue weighted by atomic mass is 35.5. The van der Waals surface area contributed by atoms with Crippen LogP contribution in [-0.2, 0) is 4.79 Å². The molecule has 1 aliphatic rings. The number of aromatic nitrogens is 2. The molecule has 1 saturated heterocycles. The molecule has 0 unspecified atom stereocenters. The molecule has 2 heterocycles. The van der Waals surface area contributed by atoms with E-state index in [0.29, 0.717) is 43.0 Å². The van der Waals surface area contributed by atoms with E-state index >= 15 is 0 Å². The van der Waals surface area contributed by atoms with E-state index in [4.69, 9.17) is 21.6 Å². The van der Waals surface area contributed by atoms with Crippen molar-refractivity contribution in [1.29, 1.82) is 0 Å². The molecule has 1 aliphatic heterocycles. The Hall–Kier alpha value is -3.12. The van der Waals surface area contributed by atoms with Gasteiger partial charge in [-0.05, 0) is 12.1 Å². The lowest BCUT2D eigenvalue weighted by Gasteiger charge is -2.32. The van der Waals surface area contributed by atoms with Crippen molar-refractivity contribution >= 4 is 35.5 Å². The normalized spacial score (nSPS) is 14.0. The minimum Gasteiger partial charge on any atom is -0.342 e. The van der Waals surface area contributed by atoms with Gasteiger partial charge in [-0.15, -0.1) is 0 Å². The number of nitrogens with zero attached hydrogens (tertiary/aromatic N) is 4. The molecule has 1 N–H and O–H groups in total. The Morgan fingerprint density at radius 1 is 0.929 bits per heavy atom. The number of rotatable bonds is 5. The molecule has 0 bridgehead atoms. The summed E-state index contributed by atoms with van der Waals surface area (Å²) in [6.45, 7) is 2.72. The smallest absolute Gasteiger partial charge is 0.228 e. The lowest BCUT2D eigenvalue weighted by atomic mass is 10.1. The lowest BCUT2D eigenvalue weighted by molar-refractivity contribution is -0.118. The first-order valence-corrected chi connectivity index (χ1v) is 9.51. The van der Waals surface area contributed by atoms with Crippen LogP contribution >= 0.6 is 11.6 Å². The van der Waals surface area contributed by atoms with Crippen molar-refractivity contribution < 1.29 is 4.79 Å². The van der Waals surface area contributed by atoms with Gasteiger partial charge in [0.25, 0.3) is 0 Å². The van der Waals surface area contributed by atoms with Crippen molar-refractivity contribution in [3.05, 3.63) is 65.7 Å². The molecule has 0 atom stereocenters. The average molecular weight is 394 g/mol. The zero-order chi connectivity index (χ0) is 19.3. The monoisotopic (exact) mass is 393 g/mol. The lowest BCUT2D eigenvalue weighted by Crippen LogP contribution is -2.46. The maximum atomic E-state index is 11.0. The average Bonchev–Trinajstić information content (AvgIpc) is 2.76. The first kappa shape index (κ1) is 18.3. The van der Waals surface area contributed by atoms with Crippen molar-refractivity contribution in [3.8, 4) is 11.3 Å². The third-order valence-corrected chi connectivity index (χ3v) is 5.00. The zero-order valence-electron chi connectivity index (χ0n) is 15.3. The predicted molar refractivity (Wildman–Crippen MR) is 112 cm³/mol. The van der Waals surface area contributed by atoms with Crippen molar-refractivity contribution in [3.63, 3.8) is 0 Å². The maximum Gasteiger partial charge on any atom is 0.228 e. The fourth-order valence-electron chi connectivity index (χ4n) is 3.12. The largest absolute Gasteiger partial charge is 0.342 e. The maximum absolute atomic E-state index is 11.0. The van der Waals surface area contributed by atoms with Crippen LogP contribution in [0.4, 0.5) is 17.5 Å². The standard InChI is InChI=1S/C21H20ClN5O/c22-17-8-4-5-9-18(17)23-20-14-19(16-6-2-1-3-7-16)24-21(25-20)27-12-10-26(15-28)11-13-27/h1-9,14-15H,10-13H2,(H,23,24,25). The fraction of sp³-hybridized carbons (Fsp3) is 0.190. The van der Waals surface area contributed by atoms with Gasteiger partial charge in [-0.25, -0.2) is 4.98 Å². The number of hydrogen-bond donors (Lipinski definition) is 1. The molecule has 4 rings (SSSR count). The summed E-state index contributed by atoms with van der Waals surface area (Å²) in [5.74, 6) is 1.32. The van der Waals surface area contributed by atoms with Gasteiger partial charge in [0.2, 0.25) is 12.4 Å². The van der Waals surface area contributed by atoms with Gasteiger partial charge in [0.15, 0.2) is 0 Å². The van der Waals surface area contributed by atoms with Crippen LogP contribution in [0.3, 0.4) is 0 Å². The Bertz CT molecular complexity index is 958. The minimum atomic E-state index is 0.628. The van der Waals surface area contributed by atoms with Crippen LogP contribution in [0, 0.1) is 0 Å². The first-order chi connectivity index (χ1) is 13.7. The summed E-state index contributed by atoms with van der Waals surface area (Å²) < 4.78 is 0. The second-order valence-corrected chi connectivity index (χ2v) is 6.94. The van der Waals surface area contributed by atoms with Crippen molar-refractivity contribution in [1.82, 2.24) is 14.9 Å². The van der Waals surface area contributed by atoms with Gasteiger partial charge in [0, 0.05) is 37.8 Å². The van der Waals surface area contributed by atoms with E-state index in [0.717, 1.165) is 23.4 Å². The number of amides is 1. The third-order valence-electron chi connectivity index (χ3n) is 4.67. The van der Waals surface area contributed by atoms with Crippen molar-refractivity contribution in [2.45, 2.75) is 0 Å². The molecular formula is C21H20ClN5O. The summed E-state index contributed by atoms with van der Waals surface area (Å²) >= 11 is 6.30. The molecule has 1 amide bonds. The van der Waals surface area contributed by atoms with Crippen molar-refractivity contribution in [2.75, 3.05) is 36.4 Å². The Balaban J connectivity index is 1.69. The molecule has 6 nitrogen and oxygen atoms in total. The number of para-hydroxylation sites is 1. The molecule has 0 aliphatic carbocycles. The Morgan fingerprint density at radius 2 is 1.64 bits per heavy atom. The van der Waals surface area contributed by atoms with E-state index in [1.165, 1.54) is 0 Å². The summed E-state index contributed by atoms with van der Waals surface area (Å²) in [7, 11) is 0.